The highest BCUT2D eigenvalue weighted by Gasteiger charge is 2.37. The van der Waals surface area contributed by atoms with E-state index in [4.69, 9.17) is 5.73 Å². The van der Waals surface area contributed by atoms with Crippen LogP contribution in [0.5, 0.6) is 0 Å². The van der Waals surface area contributed by atoms with E-state index < -0.39 is 0 Å². The molecule has 0 spiro atoms. The molecule has 0 fully saturated rings. The Balaban J connectivity index is 2.50. The molecule has 2 rings (SSSR count). The third-order valence-electron chi connectivity index (χ3n) is 5.89. The van der Waals surface area contributed by atoms with Gasteiger partial charge in [-0.15, -0.1) is 0 Å². The van der Waals surface area contributed by atoms with Crippen LogP contribution in [0.4, 0.5) is 0 Å². The summed E-state index contributed by atoms with van der Waals surface area (Å²) in [7, 11) is 0. The van der Waals surface area contributed by atoms with Crippen LogP contribution in [0.2, 0.25) is 0 Å². The average molecular weight is 350 g/mol. The van der Waals surface area contributed by atoms with Gasteiger partial charge < -0.3 is 5.73 Å². The fraction of sp³-hybridized carbons (Fsp3) is 0.440. The minimum atomic E-state index is 0.0711. The summed E-state index contributed by atoms with van der Waals surface area (Å²) in [6.07, 6.45) is 7.66. The Hall–Kier alpha value is -2.02. The van der Waals surface area contributed by atoms with Gasteiger partial charge >= 0.3 is 0 Å². The molecule has 26 heavy (non-hydrogen) atoms. The molecule has 0 amide bonds. The second-order valence-corrected chi connectivity index (χ2v) is 7.90. The van der Waals surface area contributed by atoms with Crippen molar-refractivity contribution in [3.63, 3.8) is 0 Å². The summed E-state index contributed by atoms with van der Waals surface area (Å²) in [6.45, 7) is 17.8. The van der Waals surface area contributed by atoms with Crippen LogP contribution in [0.3, 0.4) is 0 Å². The first-order chi connectivity index (χ1) is 12.3. The molecule has 0 heterocycles. The van der Waals surface area contributed by atoms with E-state index in [1.54, 1.807) is 11.1 Å². The molecule has 1 nitrogen and oxygen atoms in total. The lowest BCUT2D eigenvalue weighted by atomic mass is 9.76. The molecule has 0 aliphatic heterocycles. The van der Waals surface area contributed by atoms with Gasteiger partial charge in [0.05, 0.1) is 0 Å². The number of allylic oxidation sites excluding steroid dienone is 6. The van der Waals surface area contributed by atoms with Crippen LogP contribution in [0.15, 0.2) is 58.7 Å². The summed E-state index contributed by atoms with van der Waals surface area (Å²) in [4.78, 5) is 0. The monoisotopic (exact) mass is 349 g/mol. The second kappa shape index (κ2) is 8.12. The molecular weight excluding hydrogens is 314 g/mol. The van der Waals surface area contributed by atoms with Crippen molar-refractivity contribution in [2.75, 3.05) is 0 Å². The Kier molecular flexibility index (Phi) is 6.34. The van der Waals surface area contributed by atoms with Crippen molar-refractivity contribution in [2.24, 2.45) is 17.1 Å². The molecule has 2 N–H and O–H groups in total. The largest absolute Gasteiger partial charge is 0.401 e. The lowest BCUT2D eigenvalue weighted by Crippen LogP contribution is -2.31. The van der Waals surface area contributed by atoms with Crippen LogP contribution in [0, 0.1) is 11.3 Å². The first-order valence-electron chi connectivity index (χ1n) is 9.92. The molecule has 0 unspecified atom stereocenters. The standard InChI is InChI=1S/C25H35N/c1-8-13-22-19(9-2)20(10-3)23(25(22,6)7)16-18(5)24(26)21-15-12-11-14-17(21)4/h8,11-15,18H,4,9-10,16,26H2,1-3,5-7H3/b13-8-,24-21-/t18-/m0/s1. The molecule has 0 saturated carbocycles. The van der Waals surface area contributed by atoms with Gasteiger partial charge in [-0.1, -0.05) is 83.2 Å². The van der Waals surface area contributed by atoms with Crippen LogP contribution in [-0.4, -0.2) is 0 Å². The van der Waals surface area contributed by atoms with Gasteiger partial charge in [0, 0.05) is 16.3 Å². The Morgan fingerprint density at radius 2 is 1.77 bits per heavy atom. The molecule has 0 radical (unpaired) electrons. The van der Waals surface area contributed by atoms with Gasteiger partial charge in [0.2, 0.25) is 0 Å². The highest BCUT2D eigenvalue weighted by molar-refractivity contribution is 5.57. The Morgan fingerprint density at radius 3 is 2.31 bits per heavy atom. The van der Waals surface area contributed by atoms with E-state index in [2.05, 4.69) is 66.3 Å². The van der Waals surface area contributed by atoms with E-state index in [0.717, 1.165) is 35.4 Å². The predicted octanol–water partition coefficient (Wildman–Crippen LogP) is 5.22. The summed E-state index contributed by atoms with van der Waals surface area (Å²) in [5.74, 6) is 0.289. The average Bonchev–Trinajstić information content (AvgIpc) is 2.82. The molecule has 140 valence electrons. The summed E-state index contributed by atoms with van der Waals surface area (Å²) in [6, 6.07) is 8.18. The number of nitrogens with two attached hydrogens (primary N) is 1. The minimum Gasteiger partial charge on any atom is -0.401 e. The molecule has 0 saturated heterocycles. The van der Waals surface area contributed by atoms with E-state index in [9.17, 15) is 0 Å². The molecule has 0 bridgehead atoms. The SMILES string of the molecule is C=c1cccc/c1=C(/N)[C@@H](C)CC1=C(CC)C(CC)=C(/C=C\C)C1(C)C. The number of rotatable bonds is 6. The maximum Gasteiger partial charge on any atom is 0.0192 e. The van der Waals surface area contributed by atoms with Crippen molar-refractivity contribution in [3.05, 3.63) is 69.1 Å². The van der Waals surface area contributed by atoms with Crippen molar-refractivity contribution in [3.8, 4) is 0 Å². The first kappa shape index (κ1) is 20.3. The van der Waals surface area contributed by atoms with Crippen LogP contribution < -0.4 is 16.2 Å². The van der Waals surface area contributed by atoms with Gasteiger partial charge in [-0.25, -0.2) is 0 Å². The lowest BCUT2D eigenvalue weighted by molar-refractivity contribution is 0.510. The number of hydrogen-bond acceptors (Lipinski definition) is 1. The van der Waals surface area contributed by atoms with Crippen LogP contribution in [0.25, 0.3) is 12.3 Å². The smallest absolute Gasteiger partial charge is 0.0192 e. The highest BCUT2D eigenvalue weighted by Crippen LogP contribution is 2.51. The quantitative estimate of drug-likeness (QED) is 0.749. The summed E-state index contributed by atoms with van der Waals surface area (Å²) >= 11 is 0. The zero-order chi connectivity index (χ0) is 19.5. The summed E-state index contributed by atoms with van der Waals surface area (Å²) in [5.41, 5.74) is 13.7. The first-order valence-corrected chi connectivity index (χ1v) is 9.92. The molecule has 0 aromatic heterocycles. The van der Waals surface area contributed by atoms with Crippen molar-refractivity contribution in [1.29, 1.82) is 0 Å². The molecular formula is C25H35N. The van der Waals surface area contributed by atoms with Crippen molar-refractivity contribution >= 4 is 12.3 Å². The van der Waals surface area contributed by atoms with Gasteiger partial charge in [-0.3, -0.25) is 0 Å². The maximum absolute atomic E-state index is 6.58. The number of benzene rings is 1. The number of hydrogen-bond donors (Lipinski definition) is 1. The highest BCUT2D eigenvalue weighted by atomic mass is 14.6. The zero-order valence-corrected chi connectivity index (χ0v) is 17.4. The minimum absolute atomic E-state index is 0.0711. The second-order valence-electron chi connectivity index (χ2n) is 7.90. The Labute approximate surface area is 159 Å². The van der Waals surface area contributed by atoms with Gasteiger partial charge in [-0.2, -0.15) is 0 Å². The van der Waals surface area contributed by atoms with Crippen LogP contribution in [0.1, 0.15) is 60.8 Å². The van der Waals surface area contributed by atoms with E-state index >= 15 is 0 Å². The Bertz CT molecular complexity index is 862. The third kappa shape index (κ3) is 3.58. The van der Waals surface area contributed by atoms with Crippen LogP contribution >= 0.6 is 0 Å². The summed E-state index contributed by atoms with van der Waals surface area (Å²) < 4.78 is 0. The molecule has 1 atom stereocenters. The van der Waals surface area contributed by atoms with Crippen molar-refractivity contribution < 1.29 is 0 Å². The van der Waals surface area contributed by atoms with Gasteiger partial charge in [0.1, 0.15) is 0 Å². The maximum atomic E-state index is 6.58. The van der Waals surface area contributed by atoms with Crippen molar-refractivity contribution in [1.82, 2.24) is 0 Å². The molecule has 1 aromatic rings. The van der Waals surface area contributed by atoms with Gasteiger partial charge in [0.25, 0.3) is 0 Å². The Morgan fingerprint density at radius 1 is 1.15 bits per heavy atom. The van der Waals surface area contributed by atoms with E-state index in [-0.39, 0.29) is 11.3 Å². The fourth-order valence-electron chi connectivity index (χ4n) is 4.43. The summed E-state index contributed by atoms with van der Waals surface area (Å²) in [5, 5.41) is 2.10. The van der Waals surface area contributed by atoms with Crippen LogP contribution in [-0.2, 0) is 0 Å². The molecule has 1 aliphatic carbocycles. The van der Waals surface area contributed by atoms with Crippen molar-refractivity contribution in [2.45, 2.75) is 60.8 Å². The third-order valence-corrected chi connectivity index (χ3v) is 5.89. The normalized spacial score (nSPS) is 19.5. The van der Waals surface area contributed by atoms with Gasteiger partial charge in [-0.05, 0) is 54.0 Å². The van der Waals surface area contributed by atoms with E-state index in [1.807, 2.05) is 18.2 Å². The van der Waals surface area contributed by atoms with E-state index in [1.165, 1.54) is 11.1 Å². The molecule has 1 aromatic carbocycles. The molecule has 1 aliphatic rings. The zero-order valence-electron chi connectivity index (χ0n) is 17.4. The van der Waals surface area contributed by atoms with Gasteiger partial charge in [0.15, 0.2) is 0 Å². The predicted molar refractivity (Wildman–Crippen MR) is 116 cm³/mol. The fourth-order valence-corrected chi connectivity index (χ4v) is 4.43. The van der Waals surface area contributed by atoms with E-state index in [0.29, 0.717) is 0 Å². The lowest BCUT2D eigenvalue weighted by Gasteiger charge is -2.29. The molecule has 1 heteroatoms. The topological polar surface area (TPSA) is 26.0 Å².